The maximum absolute atomic E-state index is 13.0. The highest BCUT2D eigenvalue weighted by atomic mass is 32.2. The van der Waals surface area contributed by atoms with Gasteiger partial charge in [0, 0.05) is 17.7 Å². The maximum atomic E-state index is 13.0. The van der Waals surface area contributed by atoms with Crippen molar-refractivity contribution in [1.82, 2.24) is 5.16 Å². The third-order valence-electron chi connectivity index (χ3n) is 3.93. The van der Waals surface area contributed by atoms with Crippen LogP contribution in [0, 0.1) is 6.92 Å². The van der Waals surface area contributed by atoms with Gasteiger partial charge in [-0.25, -0.2) is 8.42 Å². The van der Waals surface area contributed by atoms with E-state index < -0.39 is 9.84 Å². The normalized spacial score (nSPS) is 14.9. The van der Waals surface area contributed by atoms with E-state index in [1.807, 2.05) is 6.26 Å². The van der Waals surface area contributed by atoms with Crippen molar-refractivity contribution >= 4 is 27.4 Å². The standard InChI is InChI=1S/C16H17NO4S2/c1-9-8-11(23(3,19)20)6-7-12(9)14(18)13-15(10-4-5-10)21-17-16(13)22-2/h6-8,10H,4-5H2,1-3H3. The van der Waals surface area contributed by atoms with E-state index in [9.17, 15) is 13.2 Å². The number of hydrogen-bond acceptors (Lipinski definition) is 6. The van der Waals surface area contributed by atoms with Crippen LogP contribution in [0.25, 0.3) is 0 Å². The number of benzene rings is 1. The van der Waals surface area contributed by atoms with Gasteiger partial charge < -0.3 is 4.52 Å². The molecule has 0 N–H and O–H groups in total. The van der Waals surface area contributed by atoms with Gasteiger partial charge in [-0.2, -0.15) is 0 Å². The van der Waals surface area contributed by atoms with Gasteiger partial charge in [-0.1, -0.05) is 5.16 Å². The van der Waals surface area contributed by atoms with Gasteiger partial charge in [0.25, 0.3) is 0 Å². The summed E-state index contributed by atoms with van der Waals surface area (Å²) in [6.45, 7) is 1.74. The van der Waals surface area contributed by atoms with Gasteiger partial charge in [-0.05, 0) is 49.8 Å². The van der Waals surface area contributed by atoms with Gasteiger partial charge in [0.15, 0.2) is 26.4 Å². The molecular formula is C16H17NO4S2. The first-order valence-corrected chi connectivity index (χ1v) is 10.3. The lowest BCUT2D eigenvalue weighted by Crippen LogP contribution is -2.08. The summed E-state index contributed by atoms with van der Waals surface area (Å²) in [4.78, 5) is 13.2. The summed E-state index contributed by atoms with van der Waals surface area (Å²) in [6, 6.07) is 4.58. The van der Waals surface area contributed by atoms with Gasteiger partial charge in [0.1, 0.15) is 0 Å². The Morgan fingerprint density at radius 1 is 1.35 bits per heavy atom. The summed E-state index contributed by atoms with van der Waals surface area (Å²) in [5.41, 5.74) is 1.64. The van der Waals surface area contributed by atoms with E-state index in [1.54, 1.807) is 13.0 Å². The predicted octanol–water partition coefficient (Wildman–Crippen LogP) is 3.22. The first-order chi connectivity index (χ1) is 10.8. The molecule has 0 unspecified atom stereocenters. The maximum Gasteiger partial charge on any atom is 0.199 e. The van der Waals surface area contributed by atoms with E-state index in [-0.39, 0.29) is 16.6 Å². The van der Waals surface area contributed by atoms with Crippen LogP contribution in [0.4, 0.5) is 0 Å². The van der Waals surface area contributed by atoms with Crippen molar-refractivity contribution in [3.05, 3.63) is 40.6 Å². The number of nitrogens with zero attached hydrogens (tertiary/aromatic N) is 1. The summed E-state index contributed by atoms with van der Waals surface area (Å²) in [5, 5.41) is 4.59. The molecule has 5 nitrogen and oxygen atoms in total. The summed E-state index contributed by atoms with van der Waals surface area (Å²) in [7, 11) is -3.29. The van der Waals surface area contributed by atoms with Crippen LogP contribution >= 0.6 is 11.8 Å². The van der Waals surface area contributed by atoms with Crippen LogP contribution < -0.4 is 0 Å². The van der Waals surface area contributed by atoms with Crippen molar-refractivity contribution in [3.63, 3.8) is 0 Å². The molecule has 122 valence electrons. The molecule has 0 radical (unpaired) electrons. The first kappa shape index (κ1) is 16.3. The molecule has 0 spiro atoms. The molecule has 0 amide bonds. The Morgan fingerprint density at radius 3 is 2.57 bits per heavy atom. The van der Waals surface area contributed by atoms with Crippen LogP contribution in [-0.4, -0.2) is 31.9 Å². The molecule has 1 fully saturated rings. The van der Waals surface area contributed by atoms with E-state index in [0.717, 1.165) is 19.1 Å². The summed E-state index contributed by atoms with van der Waals surface area (Å²) in [6.07, 6.45) is 5.02. The summed E-state index contributed by atoms with van der Waals surface area (Å²) < 4.78 is 28.7. The molecule has 0 atom stereocenters. The highest BCUT2D eigenvalue weighted by molar-refractivity contribution is 7.98. The number of thioether (sulfide) groups is 1. The van der Waals surface area contributed by atoms with Crippen molar-refractivity contribution in [1.29, 1.82) is 0 Å². The van der Waals surface area contributed by atoms with Crippen LogP contribution in [0.5, 0.6) is 0 Å². The van der Waals surface area contributed by atoms with Gasteiger partial charge in [-0.3, -0.25) is 4.79 Å². The number of aryl methyl sites for hydroxylation is 1. The molecule has 0 bridgehead atoms. The van der Waals surface area contributed by atoms with Gasteiger partial charge in [-0.15, -0.1) is 11.8 Å². The molecule has 1 aromatic carbocycles. The molecule has 1 aliphatic carbocycles. The lowest BCUT2D eigenvalue weighted by atomic mass is 9.98. The Hall–Kier alpha value is -1.60. The zero-order chi connectivity index (χ0) is 16.8. The highest BCUT2D eigenvalue weighted by Crippen LogP contribution is 2.44. The quantitative estimate of drug-likeness (QED) is 0.608. The lowest BCUT2D eigenvalue weighted by Gasteiger charge is -2.07. The van der Waals surface area contributed by atoms with Crippen molar-refractivity contribution < 1.29 is 17.7 Å². The van der Waals surface area contributed by atoms with Crippen molar-refractivity contribution in [3.8, 4) is 0 Å². The lowest BCUT2D eigenvalue weighted by molar-refractivity contribution is 0.103. The van der Waals surface area contributed by atoms with Gasteiger partial charge in [0.2, 0.25) is 0 Å². The van der Waals surface area contributed by atoms with Crippen LogP contribution in [0.1, 0.15) is 46.0 Å². The van der Waals surface area contributed by atoms with Crippen LogP contribution in [0.3, 0.4) is 0 Å². The first-order valence-electron chi connectivity index (χ1n) is 7.22. The molecule has 0 aliphatic heterocycles. The highest BCUT2D eigenvalue weighted by Gasteiger charge is 2.35. The fraction of sp³-hybridized carbons (Fsp3) is 0.375. The van der Waals surface area contributed by atoms with E-state index in [1.165, 1.54) is 23.9 Å². The largest absolute Gasteiger partial charge is 0.359 e. The minimum absolute atomic E-state index is 0.157. The Kier molecular flexibility index (Phi) is 4.10. The molecule has 7 heteroatoms. The van der Waals surface area contributed by atoms with Gasteiger partial charge >= 0.3 is 0 Å². The van der Waals surface area contributed by atoms with E-state index in [0.29, 0.717) is 27.5 Å². The fourth-order valence-electron chi connectivity index (χ4n) is 2.52. The van der Waals surface area contributed by atoms with Crippen molar-refractivity contribution in [2.24, 2.45) is 0 Å². The van der Waals surface area contributed by atoms with E-state index in [2.05, 4.69) is 5.16 Å². The molecule has 3 rings (SSSR count). The predicted molar refractivity (Wildman–Crippen MR) is 88.0 cm³/mol. The Balaban J connectivity index is 2.06. The molecule has 1 aliphatic rings. The fourth-order valence-corrected chi connectivity index (χ4v) is 3.73. The molecule has 2 aromatic rings. The van der Waals surface area contributed by atoms with E-state index in [4.69, 9.17) is 4.52 Å². The van der Waals surface area contributed by atoms with E-state index >= 15 is 0 Å². The van der Waals surface area contributed by atoms with Crippen LogP contribution in [-0.2, 0) is 9.84 Å². The zero-order valence-electron chi connectivity index (χ0n) is 13.1. The monoisotopic (exact) mass is 351 g/mol. The average molecular weight is 351 g/mol. The second-order valence-corrected chi connectivity index (χ2v) is 8.59. The molecule has 23 heavy (non-hydrogen) atoms. The smallest absolute Gasteiger partial charge is 0.199 e. The van der Waals surface area contributed by atoms with Gasteiger partial charge in [0.05, 0.1) is 10.5 Å². The zero-order valence-corrected chi connectivity index (χ0v) is 14.8. The Bertz CT molecular complexity index is 879. The number of carbonyl (C=O) groups excluding carboxylic acids is 1. The Morgan fingerprint density at radius 2 is 2.04 bits per heavy atom. The second kappa shape index (κ2) is 5.79. The molecule has 1 aromatic heterocycles. The number of ketones is 1. The Labute approximate surface area is 139 Å². The topological polar surface area (TPSA) is 77.2 Å². The minimum Gasteiger partial charge on any atom is -0.359 e. The molecule has 1 saturated carbocycles. The number of hydrogen-bond donors (Lipinski definition) is 0. The SMILES string of the molecule is CSc1noc(C2CC2)c1C(=O)c1ccc(S(C)(=O)=O)cc1C. The second-order valence-electron chi connectivity index (χ2n) is 5.78. The van der Waals surface area contributed by atoms with Crippen molar-refractivity contribution in [2.45, 2.75) is 35.6 Å². The number of rotatable bonds is 5. The number of carbonyl (C=O) groups is 1. The minimum atomic E-state index is -3.29. The molecule has 1 heterocycles. The third kappa shape index (κ3) is 3.07. The summed E-state index contributed by atoms with van der Waals surface area (Å²) in [5.74, 6) is 0.777. The van der Waals surface area contributed by atoms with Crippen molar-refractivity contribution in [2.75, 3.05) is 12.5 Å². The summed E-state index contributed by atoms with van der Waals surface area (Å²) >= 11 is 1.38. The average Bonchev–Trinajstić information content (AvgIpc) is 3.24. The third-order valence-corrected chi connectivity index (χ3v) is 5.70. The number of sulfone groups is 1. The molecular weight excluding hydrogens is 334 g/mol. The van der Waals surface area contributed by atoms with Crippen LogP contribution in [0.15, 0.2) is 32.6 Å². The molecule has 0 saturated heterocycles. The van der Waals surface area contributed by atoms with Crippen LogP contribution in [0.2, 0.25) is 0 Å². The number of aromatic nitrogens is 1.